The summed E-state index contributed by atoms with van der Waals surface area (Å²) >= 11 is 5.68. The first-order valence-corrected chi connectivity index (χ1v) is 13.0. The van der Waals surface area contributed by atoms with Crippen molar-refractivity contribution in [1.82, 2.24) is 14.8 Å². The zero-order valence-corrected chi connectivity index (χ0v) is 22.8. The molecule has 0 saturated carbocycles. The first-order chi connectivity index (χ1) is 18.3. The Morgan fingerprint density at radius 1 is 1.11 bits per heavy atom. The van der Waals surface area contributed by atoms with Crippen LogP contribution in [0.25, 0.3) is 17.0 Å². The number of para-hydroxylation sites is 1. The largest absolute Gasteiger partial charge is 0.467 e. The number of hydrogen-bond acceptors (Lipinski definition) is 4. The maximum atomic E-state index is 13.6. The maximum Gasteiger partial charge on any atom is 0.281 e. The fourth-order valence-electron chi connectivity index (χ4n) is 4.80. The molecule has 38 heavy (non-hydrogen) atoms. The quantitative estimate of drug-likeness (QED) is 0.260. The van der Waals surface area contributed by atoms with Crippen LogP contribution in [-0.2, 0) is 29.1 Å². The molecule has 1 N–H and O–H groups in total. The van der Waals surface area contributed by atoms with Crippen LogP contribution in [0.1, 0.15) is 34.9 Å². The molecule has 1 saturated heterocycles. The number of furan rings is 1. The summed E-state index contributed by atoms with van der Waals surface area (Å²) in [6.45, 7) is 6.63. The standard InChI is InChI=1S/C30H30N4O3S/c1-5-21-8-6-10-25-22(17-33(28(21)25)18-27(35)31-16-24-9-7-13-37-24)15-26-29(36)34(30(38)32(26)4)23-12-11-19(2)20(3)14-23/h6-15,17H,5,16,18H2,1-4H3,(H,31,35)/b26-15-. The van der Waals surface area contributed by atoms with Gasteiger partial charge in [-0.1, -0.05) is 31.2 Å². The summed E-state index contributed by atoms with van der Waals surface area (Å²) in [5.74, 6) is 0.395. The molecule has 0 atom stereocenters. The van der Waals surface area contributed by atoms with Crippen LogP contribution in [0.5, 0.6) is 0 Å². The van der Waals surface area contributed by atoms with Crippen LogP contribution in [0.4, 0.5) is 5.69 Å². The van der Waals surface area contributed by atoms with Crippen LogP contribution in [0.15, 0.2) is 71.1 Å². The maximum absolute atomic E-state index is 13.6. The van der Waals surface area contributed by atoms with Crippen LogP contribution in [-0.4, -0.2) is 33.4 Å². The van der Waals surface area contributed by atoms with Crippen molar-refractivity contribution in [2.75, 3.05) is 11.9 Å². The molecule has 1 aliphatic rings. The fourth-order valence-corrected chi connectivity index (χ4v) is 5.08. The topological polar surface area (TPSA) is 70.7 Å². The van der Waals surface area contributed by atoms with E-state index in [1.54, 1.807) is 22.1 Å². The molecule has 8 heteroatoms. The molecule has 0 bridgehead atoms. The molecule has 5 rings (SSSR count). The molecule has 2 amide bonds. The number of rotatable bonds is 7. The SMILES string of the molecule is CCc1cccc2c(/C=C3/C(=O)N(c4ccc(C)c(C)c4)C(=S)N3C)cn(CC(=O)NCc3ccco3)c12. The van der Waals surface area contributed by atoms with Crippen molar-refractivity contribution in [3.8, 4) is 0 Å². The van der Waals surface area contributed by atoms with Crippen LogP contribution in [0, 0.1) is 13.8 Å². The Bertz CT molecular complexity index is 1580. The van der Waals surface area contributed by atoms with Gasteiger partial charge in [0.05, 0.1) is 24.0 Å². The monoisotopic (exact) mass is 526 g/mol. The van der Waals surface area contributed by atoms with E-state index in [1.807, 2.05) is 74.1 Å². The van der Waals surface area contributed by atoms with Gasteiger partial charge in [-0.3, -0.25) is 14.5 Å². The van der Waals surface area contributed by atoms with Gasteiger partial charge in [0.15, 0.2) is 5.11 Å². The number of carbonyl (C=O) groups is 2. The third kappa shape index (κ3) is 4.63. The Balaban J connectivity index is 1.50. The number of nitrogens with zero attached hydrogens (tertiary/aromatic N) is 3. The Hall–Kier alpha value is -4.17. The Labute approximate surface area is 227 Å². The molecule has 1 aliphatic heterocycles. The van der Waals surface area contributed by atoms with Crippen LogP contribution in [0.3, 0.4) is 0 Å². The smallest absolute Gasteiger partial charge is 0.281 e. The average Bonchev–Trinajstić information content (AvgIpc) is 3.60. The van der Waals surface area contributed by atoms with Gasteiger partial charge in [-0.2, -0.15) is 0 Å². The van der Waals surface area contributed by atoms with Gasteiger partial charge < -0.3 is 19.2 Å². The molecule has 2 aromatic heterocycles. The number of aromatic nitrogens is 1. The second kappa shape index (κ2) is 10.3. The molecule has 7 nitrogen and oxygen atoms in total. The summed E-state index contributed by atoms with van der Waals surface area (Å²) in [4.78, 5) is 29.8. The highest BCUT2D eigenvalue weighted by Crippen LogP contribution is 2.32. The summed E-state index contributed by atoms with van der Waals surface area (Å²) in [5.41, 5.74) is 6.45. The van der Waals surface area contributed by atoms with Crippen molar-refractivity contribution < 1.29 is 14.0 Å². The van der Waals surface area contributed by atoms with Gasteiger partial charge in [0.25, 0.3) is 5.91 Å². The third-order valence-electron chi connectivity index (χ3n) is 7.05. The van der Waals surface area contributed by atoms with E-state index < -0.39 is 0 Å². The van der Waals surface area contributed by atoms with Gasteiger partial charge in [0.2, 0.25) is 5.91 Å². The predicted octanol–water partition coefficient (Wildman–Crippen LogP) is 5.33. The van der Waals surface area contributed by atoms with Crippen molar-refractivity contribution in [3.63, 3.8) is 0 Å². The van der Waals surface area contributed by atoms with E-state index in [4.69, 9.17) is 16.6 Å². The molecular formula is C30H30N4O3S. The second-order valence-corrected chi connectivity index (χ2v) is 9.88. The zero-order valence-electron chi connectivity index (χ0n) is 21.9. The van der Waals surface area contributed by atoms with Gasteiger partial charge in [-0.05, 0) is 79.5 Å². The van der Waals surface area contributed by atoms with Crippen LogP contribution >= 0.6 is 12.2 Å². The van der Waals surface area contributed by atoms with E-state index in [2.05, 4.69) is 18.3 Å². The Morgan fingerprint density at radius 2 is 1.92 bits per heavy atom. The number of thiocarbonyl (C=S) groups is 1. The number of anilines is 1. The number of fused-ring (bicyclic) bond motifs is 1. The summed E-state index contributed by atoms with van der Waals surface area (Å²) in [7, 11) is 1.81. The van der Waals surface area contributed by atoms with Crippen molar-refractivity contribution in [3.05, 3.63) is 94.7 Å². The lowest BCUT2D eigenvalue weighted by Gasteiger charge is -2.17. The normalized spacial score (nSPS) is 14.8. The summed E-state index contributed by atoms with van der Waals surface area (Å²) < 4.78 is 7.28. The van der Waals surface area contributed by atoms with Crippen molar-refractivity contribution >= 4 is 51.8 Å². The van der Waals surface area contributed by atoms with E-state index in [1.165, 1.54) is 0 Å². The van der Waals surface area contributed by atoms with E-state index >= 15 is 0 Å². The molecule has 0 radical (unpaired) electrons. The van der Waals surface area contributed by atoms with Gasteiger partial charge in [-0.15, -0.1) is 0 Å². The first-order valence-electron chi connectivity index (χ1n) is 12.6. The summed E-state index contributed by atoms with van der Waals surface area (Å²) in [6.07, 6.45) is 6.21. The Kier molecular flexibility index (Phi) is 6.91. The highest BCUT2D eigenvalue weighted by atomic mass is 32.1. The van der Waals surface area contributed by atoms with Gasteiger partial charge in [-0.25, -0.2) is 0 Å². The molecule has 0 aliphatic carbocycles. The minimum Gasteiger partial charge on any atom is -0.467 e. The molecule has 0 spiro atoms. The molecule has 3 heterocycles. The van der Waals surface area contributed by atoms with E-state index in [0.717, 1.165) is 45.3 Å². The van der Waals surface area contributed by atoms with Gasteiger partial charge >= 0.3 is 0 Å². The number of likely N-dealkylation sites (N-methyl/N-ethyl adjacent to an activating group) is 1. The molecule has 1 fully saturated rings. The summed E-state index contributed by atoms with van der Waals surface area (Å²) in [5, 5.41) is 4.32. The number of carbonyl (C=O) groups excluding carboxylic acids is 2. The fraction of sp³-hybridized carbons (Fsp3) is 0.233. The second-order valence-electron chi connectivity index (χ2n) is 9.52. The van der Waals surface area contributed by atoms with Crippen LogP contribution < -0.4 is 10.2 Å². The molecule has 194 valence electrons. The highest BCUT2D eigenvalue weighted by molar-refractivity contribution is 7.80. The highest BCUT2D eigenvalue weighted by Gasteiger charge is 2.37. The number of aryl methyl sites for hydroxylation is 3. The average molecular weight is 527 g/mol. The van der Waals surface area contributed by atoms with Crippen molar-refractivity contribution in [2.24, 2.45) is 0 Å². The van der Waals surface area contributed by atoms with Gasteiger partial charge in [0, 0.05) is 24.2 Å². The van der Waals surface area contributed by atoms with E-state index in [9.17, 15) is 9.59 Å². The number of amides is 2. The molecule has 0 unspecified atom stereocenters. The van der Waals surface area contributed by atoms with Crippen molar-refractivity contribution in [1.29, 1.82) is 0 Å². The third-order valence-corrected chi connectivity index (χ3v) is 7.51. The number of nitrogens with one attached hydrogen (secondary N) is 1. The molecule has 4 aromatic rings. The van der Waals surface area contributed by atoms with E-state index in [-0.39, 0.29) is 18.4 Å². The number of benzene rings is 2. The zero-order chi connectivity index (χ0) is 27.0. The first kappa shape index (κ1) is 25.5. The van der Waals surface area contributed by atoms with Crippen molar-refractivity contribution in [2.45, 2.75) is 40.3 Å². The lowest BCUT2D eigenvalue weighted by atomic mass is 10.1. The molecular weight excluding hydrogens is 496 g/mol. The van der Waals surface area contributed by atoms with E-state index in [0.29, 0.717) is 23.1 Å². The van der Waals surface area contributed by atoms with Crippen LogP contribution in [0.2, 0.25) is 0 Å². The summed E-state index contributed by atoms with van der Waals surface area (Å²) in [6, 6.07) is 15.6. The minimum absolute atomic E-state index is 0.125. The molecule has 2 aromatic carbocycles. The Morgan fingerprint density at radius 3 is 2.63 bits per heavy atom. The predicted molar refractivity (Wildman–Crippen MR) is 154 cm³/mol. The lowest BCUT2D eigenvalue weighted by molar-refractivity contribution is -0.121. The number of hydrogen-bond donors (Lipinski definition) is 1. The van der Waals surface area contributed by atoms with Gasteiger partial charge in [0.1, 0.15) is 18.0 Å². The minimum atomic E-state index is -0.176. The lowest BCUT2D eigenvalue weighted by Crippen LogP contribution is -2.31.